The summed E-state index contributed by atoms with van der Waals surface area (Å²) in [6.07, 6.45) is 0. The molecule has 0 saturated heterocycles. The minimum absolute atomic E-state index is 0.0461. The molecule has 0 bridgehead atoms. The Hall–Kier alpha value is -2.96. The molecule has 0 amide bonds. The van der Waals surface area contributed by atoms with Crippen LogP contribution in [0.5, 0.6) is 5.75 Å². The minimum Gasteiger partial charge on any atom is -0.504 e. The first-order valence-electron chi connectivity index (χ1n) is 6.24. The Morgan fingerprint density at radius 2 is 2.00 bits per heavy atom. The number of nitrogens with zero attached hydrogens (tertiary/aromatic N) is 2. The molecule has 2 aromatic heterocycles. The standard InChI is InChI=1S/C14H10N2O5/c1-2-16-8-6-4-3-5-7(8)12-9(13(16)18)11(17)10(15-20)14(19)21-12/h3-6,17H,2H2,1H3. The van der Waals surface area contributed by atoms with Crippen LogP contribution < -0.4 is 11.2 Å². The van der Waals surface area contributed by atoms with E-state index in [1.165, 1.54) is 4.57 Å². The molecular formula is C14H10N2O5. The van der Waals surface area contributed by atoms with Crippen LogP contribution >= 0.6 is 0 Å². The van der Waals surface area contributed by atoms with Gasteiger partial charge < -0.3 is 14.1 Å². The number of para-hydroxylation sites is 1. The van der Waals surface area contributed by atoms with E-state index in [0.29, 0.717) is 17.4 Å². The van der Waals surface area contributed by atoms with Crippen LogP contribution in [-0.4, -0.2) is 9.67 Å². The quantitative estimate of drug-likeness (QED) is 0.575. The van der Waals surface area contributed by atoms with E-state index >= 15 is 0 Å². The molecule has 0 unspecified atom stereocenters. The summed E-state index contributed by atoms with van der Waals surface area (Å²) in [6, 6.07) is 6.84. The number of benzene rings is 1. The van der Waals surface area contributed by atoms with Gasteiger partial charge in [-0.25, -0.2) is 4.79 Å². The van der Waals surface area contributed by atoms with Crippen LogP contribution in [0, 0.1) is 4.91 Å². The summed E-state index contributed by atoms with van der Waals surface area (Å²) in [5.74, 6) is -0.741. The Labute approximate surface area is 117 Å². The summed E-state index contributed by atoms with van der Waals surface area (Å²) in [6.45, 7) is 2.13. The highest BCUT2D eigenvalue weighted by Crippen LogP contribution is 2.32. The molecule has 3 rings (SSSR count). The van der Waals surface area contributed by atoms with E-state index in [-0.39, 0.29) is 11.0 Å². The average molecular weight is 286 g/mol. The molecule has 0 atom stereocenters. The van der Waals surface area contributed by atoms with Crippen molar-refractivity contribution in [3.8, 4) is 5.75 Å². The second kappa shape index (κ2) is 4.55. The molecule has 1 aromatic carbocycles. The SMILES string of the molecule is CCn1c(=O)c2c(O)c(N=O)c(=O)oc2c2ccccc21. The largest absolute Gasteiger partial charge is 0.504 e. The molecule has 0 saturated carbocycles. The first-order valence-corrected chi connectivity index (χ1v) is 6.24. The lowest BCUT2D eigenvalue weighted by molar-refractivity contribution is 0.469. The maximum atomic E-state index is 12.5. The first kappa shape index (κ1) is 13.0. The van der Waals surface area contributed by atoms with Crippen LogP contribution in [-0.2, 0) is 6.54 Å². The molecule has 106 valence electrons. The molecule has 21 heavy (non-hydrogen) atoms. The van der Waals surface area contributed by atoms with Gasteiger partial charge >= 0.3 is 5.63 Å². The topological polar surface area (TPSA) is 102 Å². The number of aromatic hydroxyl groups is 1. The van der Waals surface area contributed by atoms with Gasteiger partial charge in [0.1, 0.15) is 5.39 Å². The molecule has 0 aliphatic carbocycles. The van der Waals surface area contributed by atoms with E-state index in [1.54, 1.807) is 31.2 Å². The summed E-state index contributed by atoms with van der Waals surface area (Å²) in [4.78, 5) is 34.8. The van der Waals surface area contributed by atoms with Crippen LogP contribution in [0.25, 0.3) is 21.9 Å². The third-order valence-corrected chi connectivity index (χ3v) is 3.38. The van der Waals surface area contributed by atoms with Gasteiger partial charge in [0, 0.05) is 11.9 Å². The summed E-state index contributed by atoms with van der Waals surface area (Å²) in [5.41, 5.74) is -1.88. The van der Waals surface area contributed by atoms with Gasteiger partial charge in [-0.15, -0.1) is 4.91 Å². The van der Waals surface area contributed by atoms with Gasteiger partial charge in [-0.3, -0.25) is 4.79 Å². The fourth-order valence-corrected chi connectivity index (χ4v) is 2.44. The molecule has 0 fully saturated rings. The number of aryl methyl sites for hydroxylation is 1. The maximum Gasteiger partial charge on any atom is 0.369 e. The molecule has 3 aromatic rings. The average Bonchev–Trinajstić information content (AvgIpc) is 2.47. The highest BCUT2D eigenvalue weighted by Gasteiger charge is 2.21. The van der Waals surface area contributed by atoms with Crippen molar-refractivity contribution in [3.63, 3.8) is 0 Å². The fraction of sp³-hybridized carbons (Fsp3) is 0.143. The van der Waals surface area contributed by atoms with Crippen molar-refractivity contribution in [2.75, 3.05) is 0 Å². The molecular weight excluding hydrogens is 276 g/mol. The Morgan fingerprint density at radius 3 is 2.67 bits per heavy atom. The van der Waals surface area contributed by atoms with Gasteiger partial charge in [0.05, 0.1) is 5.52 Å². The molecule has 7 heteroatoms. The van der Waals surface area contributed by atoms with Crippen molar-refractivity contribution in [1.29, 1.82) is 0 Å². The van der Waals surface area contributed by atoms with Gasteiger partial charge in [-0.1, -0.05) is 12.1 Å². The van der Waals surface area contributed by atoms with Gasteiger partial charge in [0.25, 0.3) is 5.56 Å². The second-order valence-corrected chi connectivity index (χ2v) is 4.45. The van der Waals surface area contributed by atoms with Crippen LogP contribution in [0.3, 0.4) is 0 Å². The van der Waals surface area contributed by atoms with E-state index in [4.69, 9.17) is 4.42 Å². The Morgan fingerprint density at radius 1 is 1.29 bits per heavy atom. The van der Waals surface area contributed by atoms with Crippen molar-refractivity contribution < 1.29 is 9.52 Å². The number of fused-ring (bicyclic) bond motifs is 3. The molecule has 0 aliphatic rings. The summed E-state index contributed by atoms with van der Waals surface area (Å²) < 4.78 is 6.46. The summed E-state index contributed by atoms with van der Waals surface area (Å²) >= 11 is 0. The van der Waals surface area contributed by atoms with Crippen LogP contribution in [0.2, 0.25) is 0 Å². The number of hydrogen-bond acceptors (Lipinski definition) is 6. The van der Waals surface area contributed by atoms with Crippen molar-refractivity contribution >= 4 is 27.6 Å². The van der Waals surface area contributed by atoms with E-state index in [0.717, 1.165) is 0 Å². The van der Waals surface area contributed by atoms with E-state index < -0.39 is 22.6 Å². The van der Waals surface area contributed by atoms with Crippen molar-refractivity contribution in [3.05, 3.63) is 49.9 Å². The predicted molar refractivity (Wildman–Crippen MR) is 77.0 cm³/mol. The fourth-order valence-electron chi connectivity index (χ4n) is 2.44. The number of aromatic nitrogens is 1. The van der Waals surface area contributed by atoms with Crippen molar-refractivity contribution in [2.45, 2.75) is 13.5 Å². The highest BCUT2D eigenvalue weighted by atomic mass is 16.4. The minimum atomic E-state index is -1.08. The van der Waals surface area contributed by atoms with Crippen molar-refractivity contribution in [1.82, 2.24) is 4.57 Å². The van der Waals surface area contributed by atoms with Gasteiger partial charge in [-0.2, -0.15) is 0 Å². The first-order chi connectivity index (χ1) is 10.1. The van der Waals surface area contributed by atoms with Crippen LogP contribution in [0.4, 0.5) is 5.69 Å². The van der Waals surface area contributed by atoms with E-state index in [9.17, 15) is 19.6 Å². The lowest BCUT2D eigenvalue weighted by atomic mass is 10.1. The van der Waals surface area contributed by atoms with Crippen LogP contribution in [0.15, 0.2) is 43.4 Å². The zero-order valence-corrected chi connectivity index (χ0v) is 11.0. The molecule has 2 heterocycles. The predicted octanol–water partition coefficient (Wildman–Crippen LogP) is 2.23. The number of nitroso groups, excluding NO2 is 1. The third-order valence-electron chi connectivity index (χ3n) is 3.38. The third kappa shape index (κ3) is 1.67. The number of rotatable bonds is 2. The zero-order valence-electron chi connectivity index (χ0n) is 11.0. The monoisotopic (exact) mass is 286 g/mol. The molecule has 0 spiro atoms. The smallest absolute Gasteiger partial charge is 0.369 e. The lowest BCUT2D eigenvalue weighted by Crippen LogP contribution is -2.20. The lowest BCUT2D eigenvalue weighted by Gasteiger charge is -2.10. The Balaban J connectivity index is 2.74. The number of hydrogen-bond donors (Lipinski definition) is 1. The summed E-state index contributed by atoms with van der Waals surface area (Å²) in [7, 11) is 0. The Bertz CT molecular complexity index is 1000. The molecule has 0 radical (unpaired) electrons. The van der Waals surface area contributed by atoms with Gasteiger partial charge in [0.15, 0.2) is 11.3 Å². The normalized spacial score (nSPS) is 11.1. The maximum absolute atomic E-state index is 12.5. The van der Waals surface area contributed by atoms with E-state index in [2.05, 4.69) is 5.18 Å². The molecule has 7 nitrogen and oxygen atoms in total. The number of pyridine rings is 1. The van der Waals surface area contributed by atoms with Crippen molar-refractivity contribution in [2.24, 2.45) is 5.18 Å². The van der Waals surface area contributed by atoms with Crippen LogP contribution in [0.1, 0.15) is 6.92 Å². The highest BCUT2D eigenvalue weighted by molar-refractivity contribution is 6.04. The van der Waals surface area contributed by atoms with Gasteiger partial charge in [0.2, 0.25) is 5.69 Å². The van der Waals surface area contributed by atoms with E-state index in [1.807, 2.05) is 0 Å². The molecule has 1 N–H and O–H groups in total. The zero-order chi connectivity index (χ0) is 15.1. The molecule has 0 aliphatic heterocycles. The summed E-state index contributed by atoms with van der Waals surface area (Å²) in [5, 5.41) is 12.7. The van der Waals surface area contributed by atoms with Gasteiger partial charge in [-0.05, 0) is 24.2 Å². The Kier molecular flexibility index (Phi) is 2.83. The second-order valence-electron chi connectivity index (χ2n) is 4.45.